The van der Waals surface area contributed by atoms with Crippen LogP contribution in [0.1, 0.15) is 21.5 Å². The number of sulfone groups is 1. The summed E-state index contributed by atoms with van der Waals surface area (Å²) >= 11 is 0. The van der Waals surface area contributed by atoms with E-state index < -0.39 is 20.7 Å². The van der Waals surface area contributed by atoms with Crippen LogP contribution in [0.25, 0.3) is 0 Å². The average Bonchev–Trinajstić information content (AvgIpc) is 2.48. The fourth-order valence-corrected chi connectivity index (χ4v) is 3.00. The molecule has 0 radical (unpaired) electrons. The Balaban J connectivity index is 2.19. The first-order valence-electron chi connectivity index (χ1n) is 6.99. The number of benzene rings is 2. The number of carbonyl (C=O) groups excluding carboxylic acids is 1. The second kappa shape index (κ2) is 6.79. The molecule has 8 heteroatoms. The number of nitrogens with zero attached hydrogens (tertiary/aromatic N) is 1. The highest BCUT2D eigenvalue weighted by atomic mass is 32.2. The summed E-state index contributed by atoms with van der Waals surface area (Å²) in [6, 6.07) is 10.6. The lowest BCUT2D eigenvalue weighted by Gasteiger charge is -2.09. The van der Waals surface area contributed by atoms with Gasteiger partial charge in [-0.1, -0.05) is 18.2 Å². The third kappa shape index (κ3) is 4.39. The van der Waals surface area contributed by atoms with E-state index in [4.69, 9.17) is 0 Å². The van der Waals surface area contributed by atoms with Gasteiger partial charge >= 0.3 is 0 Å². The van der Waals surface area contributed by atoms with Crippen LogP contribution < -0.4 is 5.32 Å². The highest BCUT2D eigenvalue weighted by Crippen LogP contribution is 2.25. The van der Waals surface area contributed by atoms with E-state index in [9.17, 15) is 23.3 Å². The number of hydrogen-bond acceptors (Lipinski definition) is 5. The highest BCUT2D eigenvalue weighted by molar-refractivity contribution is 7.89. The van der Waals surface area contributed by atoms with Gasteiger partial charge in [0.15, 0.2) is 9.84 Å². The first kappa shape index (κ1) is 17.6. The lowest BCUT2D eigenvalue weighted by Crippen LogP contribution is -2.13. The number of carbonyl (C=O) groups is 1. The van der Waals surface area contributed by atoms with Gasteiger partial charge in [0.25, 0.3) is 11.6 Å². The minimum Gasteiger partial charge on any atom is -0.321 e. The van der Waals surface area contributed by atoms with Gasteiger partial charge in [-0.05, 0) is 30.7 Å². The molecule has 0 spiro atoms. The summed E-state index contributed by atoms with van der Waals surface area (Å²) in [5.41, 5.74) is 1.56. The Morgan fingerprint density at radius 2 is 1.79 bits per heavy atom. The molecule has 24 heavy (non-hydrogen) atoms. The fraction of sp³-hybridized carbons (Fsp3) is 0.188. The summed E-state index contributed by atoms with van der Waals surface area (Å²) in [6.45, 7) is 1.56. The van der Waals surface area contributed by atoms with E-state index in [2.05, 4.69) is 5.32 Å². The summed E-state index contributed by atoms with van der Waals surface area (Å²) in [7, 11) is -3.14. The van der Waals surface area contributed by atoms with Crippen molar-refractivity contribution in [3.05, 3.63) is 69.3 Å². The van der Waals surface area contributed by atoms with Crippen LogP contribution in [0.15, 0.2) is 42.5 Å². The molecule has 1 amide bonds. The molecule has 2 aromatic rings. The predicted octanol–water partition coefficient (Wildman–Crippen LogP) is 2.70. The van der Waals surface area contributed by atoms with Crippen LogP contribution in [0.4, 0.5) is 11.4 Å². The maximum Gasteiger partial charge on any atom is 0.274 e. The Hall–Kier alpha value is -2.74. The summed E-state index contributed by atoms with van der Waals surface area (Å²) in [4.78, 5) is 22.7. The normalized spacial score (nSPS) is 11.1. The van der Waals surface area contributed by atoms with Crippen molar-refractivity contribution < 1.29 is 18.1 Å². The number of amides is 1. The Morgan fingerprint density at radius 3 is 2.33 bits per heavy atom. The monoisotopic (exact) mass is 348 g/mol. The number of nitro benzene ring substituents is 1. The molecule has 0 aromatic heterocycles. The topological polar surface area (TPSA) is 106 Å². The van der Waals surface area contributed by atoms with E-state index >= 15 is 0 Å². The van der Waals surface area contributed by atoms with Crippen LogP contribution in [0.2, 0.25) is 0 Å². The van der Waals surface area contributed by atoms with E-state index in [1.54, 1.807) is 25.1 Å². The Morgan fingerprint density at radius 1 is 1.17 bits per heavy atom. The average molecular weight is 348 g/mol. The van der Waals surface area contributed by atoms with Crippen molar-refractivity contribution in [3.63, 3.8) is 0 Å². The third-order valence-corrected chi connectivity index (χ3v) is 4.25. The van der Waals surface area contributed by atoms with Crippen LogP contribution in [-0.4, -0.2) is 25.5 Å². The van der Waals surface area contributed by atoms with E-state index in [0.29, 0.717) is 22.4 Å². The minimum absolute atomic E-state index is 0.0729. The zero-order valence-electron chi connectivity index (χ0n) is 13.1. The molecule has 0 aliphatic heterocycles. The first-order valence-corrected chi connectivity index (χ1v) is 9.05. The van der Waals surface area contributed by atoms with Gasteiger partial charge in [0, 0.05) is 17.9 Å². The van der Waals surface area contributed by atoms with E-state index in [1.807, 2.05) is 0 Å². The van der Waals surface area contributed by atoms with Crippen molar-refractivity contribution in [2.75, 3.05) is 11.6 Å². The SMILES string of the molecule is Cc1c(NC(=O)c2ccc(CS(C)(=O)=O)cc2)cccc1[N+](=O)[O-]. The highest BCUT2D eigenvalue weighted by Gasteiger charge is 2.15. The molecule has 0 heterocycles. The second-order valence-corrected chi connectivity index (χ2v) is 7.57. The van der Waals surface area contributed by atoms with Gasteiger partial charge in [-0.2, -0.15) is 0 Å². The number of nitrogens with one attached hydrogen (secondary N) is 1. The summed E-state index contributed by atoms with van der Waals surface area (Å²) < 4.78 is 22.5. The second-order valence-electron chi connectivity index (χ2n) is 5.43. The first-order chi connectivity index (χ1) is 11.2. The quantitative estimate of drug-likeness (QED) is 0.660. The van der Waals surface area contributed by atoms with Crippen LogP contribution in [0.5, 0.6) is 0 Å². The number of rotatable bonds is 5. The van der Waals surface area contributed by atoms with Crippen molar-refractivity contribution >= 4 is 27.1 Å². The molecule has 0 unspecified atom stereocenters. The molecule has 0 aliphatic rings. The molecule has 0 bridgehead atoms. The molecule has 0 saturated carbocycles. The maximum absolute atomic E-state index is 12.2. The van der Waals surface area contributed by atoms with Crippen molar-refractivity contribution in [2.24, 2.45) is 0 Å². The molecule has 2 rings (SSSR count). The zero-order valence-corrected chi connectivity index (χ0v) is 14.0. The van der Waals surface area contributed by atoms with Gasteiger partial charge in [0.05, 0.1) is 21.9 Å². The van der Waals surface area contributed by atoms with Gasteiger partial charge in [-0.3, -0.25) is 14.9 Å². The van der Waals surface area contributed by atoms with Gasteiger partial charge in [0.2, 0.25) is 0 Å². The number of nitro groups is 1. The molecular weight excluding hydrogens is 332 g/mol. The Kier molecular flexibility index (Phi) is 4.99. The molecule has 126 valence electrons. The van der Waals surface area contributed by atoms with Crippen molar-refractivity contribution in [3.8, 4) is 0 Å². The van der Waals surface area contributed by atoms with E-state index in [-0.39, 0.29) is 11.4 Å². The van der Waals surface area contributed by atoms with Crippen molar-refractivity contribution in [1.29, 1.82) is 0 Å². The van der Waals surface area contributed by atoms with Crippen LogP contribution >= 0.6 is 0 Å². The minimum atomic E-state index is -3.14. The van der Waals surface area contributed by atoms with Crippen LogP contribution in [-0.2, 0) is 15.6 Å². The Bertz CT molecular complexity index is 889. The summed E-state index contributed by atoms with van der Waals surface area (Å²) in [5, 5.41) is 13.6. The summed E-state index contributed by atoms with van der Waals surface area (Å²) in [5.74, 6) is -0.525. The molecule has 0 aliphatic carbocycles. The van der Waals surface area contributed by atoms with Crippen molar-refractivity contribution in [2.45, 2.75) is 12.7 Å². The van der Waals surface area contributed by atoms with E-state index in [0.717, 1.165) is 6.26 Å². The van der Waals surface area contributed by atoms with Crippen LogP contribution in [0, 0.1) is 17.0 Å². The zero-order chi connectivity index (χ0) is 17.9. The predicted molar refractivity (Wildman–Crippen MR) is 90.8 cm³/mol. The fourth-order valence-electron chi connectivity index (χ4n) is 2.21. The largest absolute Gasteiger partial charge is 0.321 e. The van der Waals surface area contributed by atoms with E-state index in [1.165, 1.54) is 24.3 Å². The number of hydrogen-bond donors (Lipinski definition) is 1. The maximum atomic E-state index is 12.2. The molecule has 7 nitrogen and oxygen atoms in total. The Labute approximate surface area is 139 Å². The van der Waals surface area contributed by atoms with Crippen LogP contribution in [0.3, 0.4) is 0 Å². The van der Waals surface area contributed by atoms with Gasteiger partial charge < -0.3 is 5.32 Å². The standard InChI is InChI=1S/C16H16N2O5S/c1-11-14(4-3-5-15(11)18(20)21)17-16(19)13-8-6-12(7-9-13)10-24(2,22)23/h3-9H,10H2,1-2H3,(H,17,19). The molecule has 1 N–H and O–H groups in total. The van der Waals surface area contributed by atoms with Gasteiger partial charge in [-0.25, -0.2) is 8.42 Å². The number of anilines is 1. The van der Waals surface area contributed by atoms with Gasteiger partial charge in [0.1, 0.15) is 0 Å². The molecule has 0 atom stereocenters. The molecule has 2 aromatic carbocycles. The molecule has 0 fully saturated rings. The van der Waals surface area contributed by atoms with Crippen molar-refractivity contribution in [1.82, 2.24) is 0 Å². The van der Waals surface area contributed by atoms with Gasteiger partial charge in [-0.15, -0.1) is 0 Å². The third-order valence-electron chi connectivity index (χ3n) is 3.40. The summed E-state index contributed by atoms with van der Waals surface area (Å²) in [6.07, 6.45) is 1.14. The lowest BCUT2D eigenvalue weighted by molar-refractivity contribution is -0.385. The lowest BCUT2D eigenvalue weighted by atomic mass is 10.1. The molecule has 0 saturated heterocycles. The smallest absolute Gasteiger partial charge is 0.274 e. The molecular formula is C16H16N2O5S.